The fourth-order valence-corrected chi connectivity index (χ4v) is 1.60. The summed E-state index contributed by atoms with van der Waals surface area (Å²) in [4.78, 5) is 2.15. The molecule has 1 unspecified atom stereocenters. The first-order valence-corrected chi connectivity index (χ1v) is 4.20. The van der Waals surface area contributed by atoms with Gasteiger partial charge in [0.1, 0.15) is 5.76 Å². The SMILES string of the molecule is CN1CCC(O)c2ccoc2C1. The van der Waals surface area contributed by atoms with Gasteiger partial charge in [-0.15, -0.1) is 0 Å². The highest BCUT2D eigenvalue weighted by Crippen LogP contribution is 2.26. The summed E-state index contributed by atoms with van der Waals surface area (Å²) in [6.07, 6.45) is 2.10. The second-order valence-electron chi connectivity index (χ2n) is 3.34. The predicted octanol–water partition coefficient (Wildman–Crippen LogP) is 1.15. The molecule has 66 valence electrons. The lowest BCUT2D eigenvalue weighted by molar-refractivity contribution is 0.158. The summed E-state index contributed by atoms with van der Waals surface area (Å²) in [6, 6.07) is 1.86. The Hall–Kier alpha value is -0.800. The Morgan fingerprint density at radius 2 is 2.50 bits per heavy atom. The zero-order chi connectivity index (χ0) is 8.55. The van der Waals surface area contributed by atoms with E-state index in [1.165, 1.54) is 0 Å². The van der Waals surface area contributed by atoms with Crippen LogP contribution >= 0.6 is 0 Å². The summed E-state index contributed by atoms with van der Waals surface area (Å²) in [6.45, 7) is 1.73. The van der Waals surface area contributed by atoms with Gasteiger partial charge in [-0.05, 0) is 19.5 Å². The van der Waals surface area contributed by atoms with Gasteiger partial charge in [-0.25, -0.2) is 0 Å². The number of hydrogen-bond donors (Lipinski definition) is 1. The van der Waals surface area contributed by atoms with Crippen molar-refractivity contribution < 1.29 is 9.52 Å². The van der Waals surface area contributed by atoms with Crippen molar-refractivity contribution in [2.45, 2.75) is 19.1 Å². The van der Waals surface area contributed by atoms with Crippen LogP contribution in [0.1, 0.15) is 23.8 Å². The Bertz CT molecular complexity index is 269. The van der Waals surface area contributed by atoms with Gasteiger partial charge in [-0.1, -0.05) is 0 Å². The van der Waals surface area contributed by atoms with Gasteiger partial charge < -0.3 is 9.52 Å². The van der Waals surface area contributed by atoms with E-state index in [0.29, 0.717) is 0 Å². The minimum absolute atomic E-state index is 0.344. The second kappa shape index (κ2) is 2.92. The average molecular weight is 167 g/mol. The van der Waals surface area contributed by atoms with Gasteiger partial charge in [0.05, 0.1) is 18.9 Å². The molecule has 0 fully saturated rings. The molecule has 0 amide bonds. The quantitative estimate of drug-likeness (QED) is 0.629. The largest absolute Gasteiger partial charge is 0.468 e. The van der Waals surface area contributed by atoms with Gasteiger partial charge in [0.15, 0.2) is 0 Å². The van der Waals surface area contributed by atoms with Crippen molar-refractivity contribution in [3.63, 3.8) is 0 Å². The van der Waals surface area contributed by atoms with E-state index in [0.717, 1.165) is 30.8 Å². The number of nitrogens with zero attached hydrogens (tertiary/aromatic N) is 1. The molecule has 3 nitrogen and oxygen atoms in total. The topological polar surface area (TPSA) is 36.6 Å². The van der Waals surface area contributed by atoms with Gasteiger partial charge in [-0.3, -0.25) is 4.90 Å². The highest BCUT2D eigenvalue weighted by molar-refractivity contribution is 5.20. The van der Waals surface area contributed by atoms with Crippen molar-refractivity contribution in [3.8, 4) is 0 Å². The first-order valence-electron chi connectivity index (χ1n) is 4.20. The van der Waals surface area contributed by atoms with E-state index < -0.39 is 0 Å². The summed E-state index contributed by atoms with van der Waals surface area (Å²) in [5.74, 6) is 0.905. The Labute approximate surface area is 71.6 Å². The summed E-state index contributed by atoms with van der Waals surface area (Å²) in [7, 11) is 2.03. The van der Waals surface area contributed by atoms with E-state index in [4.69, 9.17) is 4.42 Å². The molecule has 1 aliphatic rings. The van der Waals surface area contributed by atoms with E-state index in [-0.39, 0.29) is 6.10 Å². The van der Waals surface area contributed by atoms with Gasteiger partial charge in [-0.2, -0.15) is 0 Å². The number of aliphatic hydroxyl groups is 1. The van der Waals surface area contributed by atoms with Crippen LogP contribution in [0.25, 0.3) is 0 Å². The molecule has 0 saturated carbocycles. The minimum atomic E-state index is -0.344. The molecule has 12 heavy (non-hydrogen) atoms. The fourth-order valence-electron chi connectivity index (χ4n) is 1.60. The van der Waals surface area contributed by atoms with Crippen LogP contribution in [0.4, 0.5) is 0 Å². The van der Waals surface area contributed by atoms with Crippen molar-refractivity contribution in [2.75, 3.05) is 13.6 Å². The molecule has 0 aromatic carbocycles. The summed E-state index contributed by atoms with van der Waals surface area (Å²) >= 11 is 0. The van der Waals surface area contributed by atoms with Gasteiger partial charge >= 0.3 is 0 Å². The molecule has 0 saturated heterocycles. The first-order chi connectivity index (χ1) is 5.77. The number of hydrogen-bond acceptors (Lipinski definition) is 3. The highest BCUT2D eigenvalue weighted by Gasteiger charge is 2.20. The molecule has 3 heteroatoms. The van der Waals surface area contributed by atoms with Crippen LogP contribution in [0.15, 0.2) is 16.7 Å². The van der Waals surface area contributed by atoms with Crippen molar-refractivity contribution >= 4 is 0 Å². The lowest BCUT2D eigenvalue weighted by Gasteiger charge is -2.11. The van der Waals surface area contributed by atoms with Crippen LogP contribution in [0.5, 0.6) is 0 Å². The molecule has 1 N–H and O–H groups in total. The van der Waals surface area contributed by atoms with Crippen molar-refractivity contribution in [1.82, 2.24) is 4.90 Å². The third-order valence-corrected chi connectivity index (χ3v) is 2.34. The zero-order valence-electron chi connectivity index (χ0n) is 7.16. The maximum atomic E-state index is 9.66. The number of furan rings is 1. The predicted molar refractivity (Wildman–Crippen MR) is 44.6 cm³/mol. The summed E-state index contributed by atoms with van der Waals surface area (Å²) in [5.41, 5.74) is 0.958. The smallest absolute Gasteiger partial charge is 0.123 e. The van der Waals surface area contributed by atoms with Gasteiger partial charge in [0.2, 0.25) is 0 Å². The molecule has 1 aromatic heterocycles. The van der Waals surface area contributed by atoms with Crippen molar-refractivity contribution in [3.05, 3.63) is 23.7 Å². The molecule has 0 radical (unpaired) electrons. The molecule has 1 aromatic rings. The average Bonchev–Trinajstić information content (AvgIpc) is 2.44. The van der Waals surface area contributed by atoms with E-state index in [1.54, 1.807) is 6.26 Å². The Balaban J connectivity index is 2.32. The molecule has 2 rings (SSSR count). The third kappa shape index (κ3) is 1.26. The van der Waals surface area contributed by atoms with Crippen LogP contribution < -0.4 is 0 Å². The highest BCUT2D eigenvalue weighted by atomic mass is 16.3. The molecule has 1 aliphatic heterocycles. The molecule has 2 heterocycles. The molecular formula is C9H13NO2. The molecular weight excluding hydrogens is 154 g/mol. The van der Waals surface area contributed by atoms with Gasteiger partial charge in [0.25, 0.3) is 0 Å². The Kier molecular flexibility index (Phi) is 1.90. The fraction of sp³-hybridized carbons (Fsp3) is 0.556. The Morgan fingerprint density at radius 3 is 3.33 bits per heavy atom. The minimum Gasteiger partial charge on any atom is -0.468 e. The van der Waals surface area contributed by atoms with Crippen LogP contribution in [-0.2, 0) is 6.54 Å². The third-order valence-electron chi connectivity index (χ3n) is 2.34. The number of fused-ring (bicyclic) bond motifs is 1. The van der Waals surface area contributed by atoms with E-state index in [9.17, 15) is 5.11 Å². The van der Waals surface area contributed by atoms with Crippen LogP contribution in [0, 0.1) is 0 Å². The first kappa shape index (κ1) is 7.83. The zero-order valence-corrected chi connectivity index (χ0v) is 7.16. The lowest BCUT2D eigenvalue weighted by Crippen LogP contribution is -2.17. The molecule has 1 atom stereocenters. The number of aliphatic hydroxyl groups excluding tert-OH is 1. The van der Waals surface area contributed by atoms with E-state index >= 15 is 0 Å². The monoisotopic (exact) mass is 167 g/mol. The van der Waals surface area contributed by atoms with E-state index in [2.05, 4.69) is 4.90 Å². The van der Waals surface area contributed by atoms with Crippen molar-refractivity contribution in [1.29, 1.82) is 0 Å². The molecule has 0 spiro atoms. The standard InChI is InChI=1S/C9H13NO2/c1-10-4-2-8(11)7-3-5-12-9(7)6-10/h3,5,8,11H,2,4,6H2,1H3. The van der Waals surface area contributed by atoms with Crippen molar-refractivity contribution in [2.24, 2.45) is 0 Å². The molecule has 0 aliphatic carbocycles. The Morgan fingerprint density at radius 1 is 1.67 bits per heavy atom. The van der Waals surface area contributed by atoms with Crippen LogP contribution in [0.2, 0.25) is 0 Å². The van der Waals surface area contributed by atoms with Crippen LogP contribution in [-0.4, -0.2) is 23.6 Å². The van der Waals surface area contributed by atoms with E-state index in [1.807, 2.05) is 13.1 Å². The molecule has 0 bridgehead atoms. The van der Waals surface area contributed by atoms with Gasteiger partial charge in [0, 0.05) is 12.1 Å². The second-order valence-corrected chi connectivity index (χ2v) is 3.34. The summed E-state index contributed by atoms with van der Waals surface area (Å²) < 4.78 is 5.28. The normalized spacial score (nSPS) is 25.0. The maximum Gasteiger partial charge on any atom is 0.123 e. The lowest BCUT2D eigenvalue weighted by atomic mass is 10.1. The number of rotatable bonds is 0. The van der Waals surface area contributed by atoms with Crippen LogP contribution in [0.3, 0.4) is 0 Å². The summed E-state index contributed by atoms with van der Waals surface area (Å²) in [5, 5.41) is 9.66. The maximum absolute atomic E-state index is 9.66.